The molecule has 1 aliphatic rings. The molecule has 0 amide bonds. The standard InChI is InChI=1S/C20H39O/c1-2-3-4-5-6-7-8-9-10-11-12-13-14-15-16-17-20-18-19-21-20/h17,20H,2-16,18-19H2,1H3. The molecule has 1 saturated heterocycles. The zero-order valence-corrected chi connectivity index (χ0v) is 14.6. The van der Waals surface area contributed by atoms with Crippen LogP contribution in [0.1, 0.15) is 110 Å². The van der Waals surface area contributed by atoms with Crippen molar-refractivity contribution in [2.45, 2.75) is 116 Å². The van der Waals surface area contributed by atoms with E-state index in [-0.39, 0.29) is 0 Å². The first-order valence-corrected chi connectivity index (χ1v) is 9.88. The van der Waals surface area contributed by atoms with Crippen molar-refractivity contribution in [2.75, 3.05) is 6.61 Å². The normalized spacial score (nSPS) is 17.9. The minimum atomic E-state index is 0.506. The molecule has 1 aliphatic heterocycles. The van der Waals surface area contributed by atoms with Gasteiger partial charge in [0.1, 0.15) is 0 Å². The van der Waals surface area contributed by atoms with Gasteiger partial charge in [-0.2, -0.15) is 0 Å². The van der Waals surface area contributed by atoms with Crippen LogP contribution >= 0.6 is 0 Å². The van der Waals surface area contributed by atoms with Crippen molar-refractivity contribution in [3.8, 4) is 0 Å². The molecule has 0 aromatic heterocycles. The second kappa shape index (κ2) is 14.9. The minimum Gasteiger partial charge on any atom is -0.378 e. The maximum absolute atomic E-state index is 5.39. The van der Waals surface area contributed by atoms with Gasteiger partial charge in [0.15, 0.2) is 0 Å². The molecule has 1 radical (unpaired) electrons. The molecular weight excluding hydrogens is 256 g/mol. The average Bonchev–Trinajstić information content (AvgIpc) is 2.45. The van der Waals surface area contributed by atoms with Crippen molar-refractivity contribution in [1.82, 2.24) is 0 Å². The average molecular weight is 296 g/mol. The summed E-state index contributed by atoms with van der Waals surface area (Å²) < 4.78 is 5.39. The first-order valence-electron chi connectivity index (χ1n) is 9.88. The Bertz CT molecular complexity index is 198. The molecule has 125 valence electrons. The Balaban J connectivity index is 1.61. The second-order valence-corrected chi connectivity index (χ2v) is 6.82. The van der Waals surface area contributed by atoms with E-state index in [1.807, 2.05) is 0 Å². The lowest BCUT2D eigenvalue weighted by atomic mass is 10.0. The monoisotopic (exact) mass is 295 g/mol. The van der Waals surface area contributed by atoms with Gasteiger partial charge in [0, 0.05) is 6.61 Å². The van der Waals surface area contributed by atoms with Gasteiger partial charge in [0.05, 0.1) is 6.10 Å². The van der Waals surface area contributed by atoms with Crippen molar-refractivity contribution in [3.63, 3.8) is 0 Å². The van der Waals surface area contributed by atoms with Gasteiger partial charge in [-0.15, -0.1) is 0 Å². The predicted octanol–water partition coefficient (Wildman–Crippen LogP) is 6.85. The molecular formula is C20H39O. The molecule has 0 saturated carbocycles. The van der Waals surface area contributed by atoms with Crippen LogP contribution in [0.3, 0.4) is 0 Å². The number of unbranched alkanes of at least 4 members (excludes halogenated alkanes) is 14. The molecule has 1 heterocycles. The third-order valence-corrected chi connectivity index (χ3v) is 4.72. The predicted molar refractivity (Wildman–Crippen MR) is 93.6 cm³/mol. The van der Waals surface area contributed by atoms with E-state index >= 15 is 0 Å². The van der Waals surface area contributed by atoms with Gasteiger partial charge in [0.2, 0.25) is 0 Å². The summed E-state index contributed by atoms with van der Waals surface area (Å²) in [6.45, 7) is 3.28. The molecule has 0 aromatic carbocycles. The van der Waals surface area contributed by atoms with Crippen molar-refractivity contribution in [2.24, 2.45) is 0 Å². The highest BCUT2D eigenvalue weighted by Crippen LogP contribution is 2.18. The van der Waals surface area contributed by atoms with Crippen LogP contribution in [0.25, 0.3) is 0 Å². The number of hydrogen-bond acceptors (Lipinski definition) is 1. The molecule has 0 aromatic rings. The van der Waals surface area contributed by atoms with Crippen molar-refractivity contribution < 1.29 is 4.74 Å². The molecule has 1 atom stereocenters. The second-order valence-electron chi connectivity index (χ2n) is 6.82. The molecule has 1 unspecified atom stereocenters. The van der Waals surface area contributed by atoms with Crippen LogP contribution in [0.5, 0.6) is 0 Å². The summed E-state index contributed by atoms with van der Waals surface area (Å²) in [7, 11) is 0. The Labute approximate surface area is 134 Å². The fraction of sp³-hybridized carbons (Fsp3) is 0.950. The number of rotatable bonds is 16. The van der Waals surface area contributed by atoms with E-state index in [4.69, 9.17) is 4.74 Å². The number of hydrogen-bond donors (Lipinski definition) is 0. The summed E-state index contributed by atoms with van der Waals surface area (Å²) >= 11 is 0. The molecule has 1 heteroatoms. The number of ether oxygens (including phenoxy) is 1. The largest absolute Gasteiger partial charge is 0.378 e. The van der Waals surface area contributed by atoms with E-state index in [9.17, 15) is 0 Å². The Morgan fingerprint density at radius 1 is 0.714 bits per heavy atom. The highest BCUT2D eigenvalue weighted by atomic mass is 16.5. The third-order valence-electron chi connectivity index (χ3n) is 4.72. The maximum Gasteiger partial charge on any atom is 0.0628 e. The van der Waals surface area contributed by atoms with Gasteiger partial charge in [0.25, 0.3) is 0 Å². The van der Waals surface area contributed by atoms with Crippen molar-refractivity contribution in [3.05, 3.63) is 6.42 Å². The highest BCUT2D eigenvalue weighted by molar-refractivity contribution is 4.81. The van der Waals surface area contributed by atoms with Crippen molar-refractivity contribution in [1.29, 1.82) is 0 Å². The lowest BCUT2D eigenvalue weighted by Gasteiger charge is -2.25. The van der Waals surface area contributed by atoms with E-state index in [2.05, 4.69) is 13.3 Å². The van der Waals surface area contributed by atoms with E-state index in [0.29, 0.717) is 6.10 Å². The molecule has 0 bridgehead atoms. The van der Waals surface area contributed by atoms with E-state index in [1.54, 1.807) is 0 Å². The molecule has 1 nitrogen and oxygen atoms in total. The molecule has 0 spiro atoms. The quantitative estimate of drug-likeness (QED) is 0.283. The van der Waals surface area contributed by atoms with Crippen LogP contribution in [0.2, 0.25) is 0 Å². The minimum absolute atomic E-state index is 0.506. The van der Waals surface area contributed by atoms with Crippen LogP contribution in [0.4, 0.5) is 0 Å². The van der Waals surface area contributed by atoms with Crippen molar-refractivity contribution >= 4 is 0 Å². The molecule has 1 fully saturated rings. The summed E-state index contributed by atoms with van der Waals surface area (Å²) in [5, 5.41) is 0. The Kier molecular flexibility index (Phi) is 13.5. The molecule has 21 heavy (non-hydrogen) atoms. The highest BCUT2D eigenvalue weighted by Gasteiger charge is 2.16. The summed E-state index contributed by atoms with van der Waals surface area (Å²) in [5.74, 6) is 0. The first-order chi connectivity index (χ1) is 10.4. The Hall–Kier alpha value is -0.0400. The lowest BCUT2D eigenvalue weighted by molar-refractivity contribution is -0.0306. The molecule has 1 rings (SSSR count). The summed E-state index contributed by atoms with van der Waals surface area (Å²) in [5.41, 5.74) is 0. The summed E-state index contributed by atoms with van der Waals surface area (Å²) in [4.78, 5) is 0. The van der Waals surface area contributed by atoms with Crippen LogP contribution in [0.15, 0.2) is 0 Å². The van der Waals surface area contributed by atoms with Gasteiger partial charge in [-0.1, -0.05) is 96.8 Å². The van der Waals surface area contributed by atoms with E-state index < -0.39 is 0 Å². The fourth-order valence-electron chi connectivity index (χ4n) is 3.08. The van der Waals surface area contributed by atoms with Gasteiger partial charge >= 0.3 is 0 Å². The summed E-state index contributed by atoms with van der Waals surface area (Å²) in [6.07, 6.45) is 25.7. The third kappa shape index (κ3) is 12.2. The van der Waals surface area contributed by atoms with E-state index in [1.165, 1.54) is 103 Å². The summed E-state index contributed by atoms with van der Waals surface area (Å²) in [6, 6.07) is 0. The lowest BCUT2D eigenvalue weighted by Crippen LogP contribution is -2.26. The topological polar surface area (TPSA) is 9.23 Å². The zero-order chi connectivity index (χ0) is 15.0. The van der Waals surface area contributed by atoms with Gasteiger partial charge < -0.3 is 4.74 Å². The zero-order valence-electron chi connectivity index (χ0n) is 14.6. The first kappa shape index (κ1) is 19.0. The molecule has 0 aliphatic carbocycles. The fourth-order valence-corrected chi connectivity index (χ4v) is 3.08. The van der Waals surface area contributed by atoms with Gasteiger partial charge in [-0.3, -0.25) is 0 Å². The Morgan fingerprint density at radius 3 is 1.52 bits per heavy atom. The van der Waals surface area contributed by atoms with Gasteiger partial charge in [-0.05, 0) is 19.3 Å². The van der Waals surface area contributed by atoms with Crippen LogP contribution in [0, 0.1) is 6.42 Å². The smallest absolute Gasteiger partial charge is 0.0628 e. The SMILES string of the molecule is CCCCCCCCCCCCCCCC[CH]C1CCO1. The maximum atomic E-state index is 5.39. The van der Waals surface area contributed by atoms with Gasteiger partial charge in [-0.25, -0.2) is 0 Å². The Morgan fingerprint density at radius 2 is 1.14 bits per heavy atom. The van der Waals surface area contributed by atoms with E-state index in [0.717, 1.165) is 6.61 Å². The van der Waals surface area contributed by atoms with Crippen LogP contribution in [-0.4, -0.2) is 12.7 Å². The van der Waals surface area contributed by atoms with Crippen LogP contribution < -0.4 is 0 Å². The molecule has 0 N–H and O–H groups in total. The van der Waals surface area contributed by atoms with Crippen LogP contribution in [-0.2, 0) is 4.74 Å².